The molecule has 0 radical (unpaired) electrons. The molecular formula is C84H64Cl2SiZr-2. The molecule has 2 aliphatic rings. The van der Waals surface area contributed by atoms with Gasteiger partial charge in [0.15, 0.2) is 0 Å². The van der Waals surface area contributed by atoms with Gasteiger partial charge in [0, 0.05) is 0 Å². The molecule has 0 N–H and O–H groups in total. The third-order valence-corrected chi connectivity index (χ3v) is 18.5. The maximum atomic E-state index is 2.51. The summed E-state index contributed by atoms with van der Waals surface area (Å²) in [6.45, 7) is 4.62. The van der Waals surface area contributed by atoms with Crippen molar-refractivity contribution >= 4 is 113 Å². The fourth-order valence-electron chi connectivity index (χ4n) is 14.4. The Morgan fingerprint density at radius 1 is 0.295 bits per heavy atom. The molecule has 0 atom stereocenters. The second-order valence-electron chi connectivity index (χ2n) is 24.8. The van der Waals surface area contributed by atoms with Crippen molar-refractivity contribution in [2.24, 2.45) is 11.8 Å². The van der Waals surface area contributed by atoms with Crippen LogP contribution in [0.25, 0.3) is 152 Å². The Morgan fingerprint density at radius 2 is 0.500 bits per heavy atom. The van der Waals surface area contributed by atoms with Gasteiger partial charge in [0.05, 0.1) is 0 Å². The first-order chi connectivity index (χ1) is 42.4. The molecule has 2 fully saturated rings. The van der Waals surface area contributed by atoms with Gasteiger partial charge in [-0.05, 0) is 183 Å². The number of fused-ring (bicyclic) bond motifs is 10. The third-order valence-electron chi connectivity index (χ3n) is 18.5. The van der Waals surface area contributed by atoms with Gasteiger partial charge in [-0.25, -0.2) is 0 Å². The van der Waals surface area contributed by atoms with Gasteiger partial charge in [-0.2, -0.15) is 12.1 Å². The van der Waals surface area contributed by atoms with Crippen LogP contribution < -0.4 is 24.8 Å². The zero-order valence-electron chi connectivity index (χ0n) is 49.6. The molecule has 0 unspecified atom stereocenters. The van der Waals surface area contributed by atoms with E-state index in [1.807, 2.05) is 0 Å². The summed E-state index contributed by atoms with van der Waals surface area (Å²) in [6, 6.07) is 100. The molecule has 0 heterocycles. The number of hydrogen-bond donors (Lipinski definition) is 0. The van der Waals surface area contributed by atoms with Crippen LogP contribution in [0.2, 0.25) is 13.1 Å². The second-order valence-corrected chi connectivity index (χ2v) is 34.1. The molecule has 0 aromatic heterocycles. The van der Waals surface area contributed by atoms with E-state index >= 15 is 0 Å². The standard InChI is InChI=1S/2C41H29.C2H6Si.2ClH.Zr/c2*1-5-13-32-28(9-1)24-29-10-2-6-14-33(29)40(32)36-19-20-37(39-23-27(22-38(36)39)21-26-17-18-26)41-34-15-7-3-11-30(34)25-31-12-4-8-16-35(31)41;1-3-2;;;/h2*1-16,19-20,22-26H,17-18,21H2;1-2H3;2*1H;/q2*-1;;;;+2/p-2. The average molecular weight is 1260 g/mol. The molecule has 88 heavy (non-hydrogen) atoms. The molecule has 0 aliphatic heterocycles. The van der Waals surface area contributed by atoms with Crippen molar-refractivity contribution in [2.45, 2.75) is 51.6 Å². The predicted molar refractivity (Wildman–Crippen MR) is 371 cm³/mol. The smallest absolute Gasteiger partial charge is 0.0107 e. The summed E-state index contributed by atoms with van der Waals surface area (Å²) < 4.78 is 0. The van der Waals surface area contributed by atoms with Crippen molar-refractivity contribution in [3.05, 3.63) is 278 Å². The van der Waals surface area contributed by atoms with Crippen molar-refractivity contribution < 1.29 is 48.1 Å². The minimum absolute atomic E-state index is 0. The first kappa shape index (κ1) is 57.8. The molecule has 2 aliphatic carbocycles. The van der Waals surface area contributed by atoms with Crippen LogP contribution in [-0.4, -0.2) is 5.43 Å². The molecule has 4 heteroatoms. The number of hydrogen-bond acceptors (Lipinski definition) is 0. The van der Waals surface area contributed by atoms with E-state index in [2.05, 4.69) is 280 Å². The minimum atomic E-state index is 0. The van der Waals surface area contributed by atoms with Gasteiger partial charge in [0.25, 0.3) is 0 Å². The number of halogens is 2. The summed E-state index contributed by atoms with van der Waals surface area (Å²) in [5.41, 5.74) is 13.9. The molecular weight excluding hydrogens is 1200 g/mol. The summed E-state index contributed by atoms with van der Waals surface area (Å²) in [6.07, 6.45) is 7.82. The average Bonchev–Trinajstić information content (AvgIpc) is 2.14. The normalized spacial score (nSPS) is 13.0. The van der Waals surface area contributed by atoms with Gasteiger partial charge < -0.3 is 24.8 Å². The molecule has 0 bridgehead atoms. The first-order valence-electron chi connectivity index (χ1n) is 31.0. The minimum Gasteiger partial charge on any atom is -1.00 e. The molecule has 16 aromatic rings. The maximum Gasteiger partial charge on any atom is -0.0107 e. The van der Waals surface area contributed by atoms with Crippen LogP contribution >= 0.6 is 0 Å². The Hall–Kier alpha value is -7.94. The van der Waals surface area contributed by atoms with E-state index in [4.69, 9.17) is 0 Å². The van der Waals surface area contributed by atoms with Crippen LogP contribution in [0.3, 0.4) is 0 Å². The molecule has 0 spiro atoms. The van der Waals surface area contributed by atoms with Crippen LogP contribution in [0.5, 0.6) is 0 Å². The zero-order valence-corrected chi connectivity index (χ0v) is 54.5. The molecule has 424 valence electrons. The van der Waals surface area contributed by atoms with Crippen molar-refractivity contribution in [1.82, 2.24) is 0 Å². The van der Waals surface area contributed by atoms with Crippen LogP contribution in [-0.2, 0) is 36.2 Å². The fraction of sp³-hybridized carbons (Fsp3) is 0.119. The Labute approximate surface area is 542 Å². The van der Waals surface area contributed by atoms with Crippen LogP contribution in [0.1, 0.15) is 36.8 Å². The van der Waals surface area contributed by atoms with E-state index in [0.29, 0.717) is 0 Å². The monoisotopic (exact) mass is 1260 g/mol. The Balaban J connectivity index is 0.000000143. The van der Waals surface area contributed by atoms with Crippen molar-refractivity contribution in [1.29, 1.82) is 0 Å². The first-order valence-corrected chi connectivity index (χ1v) is 37.2. The summed E-state index contributed by atoms with van der Waals surface area (Å²) in [5.74, 6) is 1.69. The van der Waals surface area contributed by atoms with E-state index in [1.165, 1.54) is 202 Å². The van der Waals surface area contributed by atoms with E-state index in [1.54, 1.807) is 23.3 Å². The second kappa shape index (κ2) is 24.2. The Morgan fingerprint density at radius 3 is 0.727 bits per heavy atom. The van der Waals surface area contributed by atoms with E-state index in [0.717, 1.165) is 11.8 Å². The quantitative estimate of drug-likeness (QED) is 0.0808. The van der Waals surface area contributed by atoms with Crippen LogP contribution in [0.15, 0.2) is 267 Å². The summed E-state index contributed by atoms with van der Waals surface area (Å²) >= 11 is 1.74. The van der Waals surface area contributed by atoms with Gasteiger partial charge in [0.1, 0.15) is 0 Å². The molecule has 0 nitrogen and oxygen atoms in total. The largest absolute Gasteiger partial charge is 1.00 e. The van der Waals surface area contributed by atoms with Crippen LogP contribution in [0, 0.1) is 11.8 Å². The topological polar surface area (TPSA) is 0 Å². The van der Waals surface area contributed by atoms with Crippen LogP contribution in [0.4, 0.5) is 0 Å². The summed E-state index contributed by atoms with van der Waals surface area (Å²) in [5, 5.41) is 26.4. The van der Waals surface area contributed by atoms with Gasteiger partial charge in [-0.1, -0.05) is 241 Å². The van der Waals surface area contributed by atoms with Gasteiger partial charge in [-0.3, -0.25) is 0 Å². The van der Waals surface area contributed by atoms with Crippen molar-refractivity contribution in [2.75, 3.05) is 0 Å². The molecule has 2 saturated carbocycles. The predicted octanol–water partition coefficient (Wildman–Crippen LogP) is 17.7. The van der Waals surface area contributed by atoms with E-state index in [-0.39, 0.29) is 30.2 Å². The maximum absolute atomic E-state index is 2.51. The number of rotatable bonds is 8. The summed E-state index contributed by atoms with van der Waals surface area (Å²) in [4.78, 5) is 0. The fourth-order valence-corrected chi connectivity index (χ4v) is 14.4. The van der Waals surface area contributed by atoms with Gasteiger partial charge in [-0.15, -0.1) is 44.8 Å². The molecule has 16 aromatic carbocycles. The Kier molecular flexibility index (Phi) is 15.9. The SMILES string of the molecule is C[Si](C)=[Zr+2].[Cl-].[Cl-].c1ccc2c(-c3ccc(-c4c5ccccc5cc5ccccc45)c4[cH-]c(CC5CC5)cc34)c3ccccc3cc2c1.c1ccc2c(-c3ccc(-c4c5ccccc5cc5ccccc45)c4[cH-]c(CC5CC5)cc34)c3ccccc3cc2c1. The van der Waals surface area contributed by atoms with Gasteiger partial charge in [0.2, 0.25) is 0 Å². The van der Waals surface area contributed by atoms with E-state index < -0.39 is 0 Å². The number of benzene rings is 14. The summed E-state index contributed by atoms with van der Waals surface area (Å²) in [7, 11) is 0. The van der Waals surface area contributed by atoms with Crippen molar-refractivity contribution in [3.8, 4) is 44.5 Å². The molecule has 0 saturated heterocycles. The third kappa shape index (κ3) is 10.7. The van der Waals surface area contributed by atoms with Gasteiger partial charge >= 0.3 is 41.9 Å². The molecule has 18 rings (SSSR count). The van der Waals surface area contributed by atoms with Crippen molar-refractivity contribution in [3.63, 3.8) is 0 Å². The van der Waals surface area contributed by atoms with E-state index in [9.17, 15) is 0 Å². The zero-order chi connectivity index (χ0) is 57.4. The molecule has 0 amide bonds. The Bertz CT molecular complexity index is 4520.